The molecule has 1 fully saturated rings. The summed E-state index contributed by atoms with van der Waals surface area (Å²) in [6, 6.07) is 23.8. The smallest absolute Gasteiger partial charge is 0.322 e. The number of anilines is 1. The molecule has 1 aromatic heterocycles. The predicted octanol–water partition coefficient (Wildman–Crippen LogP) is 6.17. The molecule has 4 aromatic rings. The lowest BCUT2D eigenvalue weighted by Crippen LogP contribution is -2.34. The number of hydrogen-bond donors (Lipinski definition) is 1. The molecule has 0 saturated carbocycles. The fourth-order valence-corrected chi connectivity index (χ4v) is 4.06. The third kappa shape index (κ3) is 3.43. The van der Waals surface area contributed by atoms with Crippen LogP contribution in [0, 0.1) is 6.92 Å². The number of carbonyl (C=O) groups is 1. The van der Waals surface area contributed by atoms with E-state index in [0.717, 1.165) is 46.3 Å². The highest BCUT2D eigenvalue weighted by molar-refractivity contribution is 5.90. The van der Waals surface area contributed by atoms with Crippen molar-refractivity contribution in [2.75, 3.05) is 11.9 Å². The lowest BCUT2D eigenvalue weighted by atomic mass is 10.1. The summed E-state index contributed by atoms with van der Waals surface area (Å²) in [6.45, 7) is 2.68. The van der Waals surface area contributed by atoms with Gasteiger partial charge in [-0.25, -0.2) is 9.78 Å². The molecule has 0 bridgehead atoms. The molecule has 150 valence electrons. The average Bonchev–Trinajstić information content (AvgIpc) is 3.42. The Morgan fingerprint density at radius 3 is 2.67 bits per heavy atom. The Bertz CT molecular complexity index is 1200. The predicted molar refractivity (Wildman–Crippen MR) is 118 cm³/mol. The standard InChI is InChI=1S/C25H23N3O2/c1-17-8-5-6-11-20(17)27-25(29)28-15-7-12-22(28)24-26-21-16-19(13-14-23(21)30-24)18-9-3-2-4-10-18/h2-6,8-11,13-14,16,22H,7,12,15H2,1H3,(H,27,29)/t22-/m0/s1. The quantitative estimate of drug-likeness (QED) is 0.449. The molecule has 5 rings (SSSR count). The molecule has 0 aliphatic carbocycles. The molecule has 0 radical (unpaired) electrons. The van der Waals surface area contributed by atoms with Crippen molar-refractivity contribution < 1.29 is 9.21 Å². The Morgan fingerprint density at radius 2 is 1.83 bits per heavy atom. The first-order valence-electron chi connectivity index (χ1n) is 10.3. The van der Waals surface area contributed by atoms with Crippen LogP contribution in [0.3, 0.4) is 0 Å². The van der Waals surface area contributed by atoms with E-state index in [2.05, 4.69) is 17.4 Å². The number of fused-ring (bicyclic) bond motifs is 1. The summed E-state index contributed by atoms with van der Waals surface area (Å²) >= 11 is 0. The number of nitrogens with one attached hydrogen (secondary N) is 1. The number of aromatic nitrogens is 1. The van der Waals surface area contributed by atoms with Crippen molar-refractivity contribution in [3.63, 3.8) is 0 Å². The first kappa shape index (κ1) is 18.4. The number of benzene rings is 3. The molecule has 1 atom stereocenters. The number of oxazole rings is 1. The lowest BCUT2D eigenvalue weighted by molar-refractivity contribution is 0.199. The van der Waals surface area contributed by atoms with Gasteiger partial charge in [0.25, 0.3) is 0 Å². The van der Waals surface area contributed by atoms with E-state index in [4.69, 9.17) is 9.40 Å². The highest BCUT2D eigenvalue weighted by Crippen LogP contribution is 2.34. The van der Waals surface area contributed by atoms with Gasteiger partial charge in [0.05, 0.1) is 0 Å². The van der Waals surface area contributed by atoms with Crippen LogP contribution >= 0.6 is 0 Å². The van der Waals surface area contributed by atoms with Crippen LogP contribution in [-0.2, 0) is 0 Å². The second kappa shape index (κ2) is 7.67. The molecule has 0 unspecified atom stereocenters. The minimum Gasteiger partial charge on any atom is -0.438 e. The molecule has 0 spiro atoms. The summed E-state index contributed by atoms with van der Waals surface area (Å²) in [7, 11) is 0. The first-order chi connectivity index (χ1) is 14.7. The molecule has 1 saturated heterocycles. The van der Waals surface area contributed by atoms with Crippen LogP contribution in [0.25, 0.3) is 22.2 Å². The summed E-state index contributed by atoms with van der Waals surface area (Å²) in [4.78, 5) is 19.5. The Hall–Kier alpha value is -3.60. The lowest BCUT2D eigenvalue weighted by Gasteiger charge is -2.23. The number of aryl methyl sites for hydroxylation is 1. The molecule has 1 aliphatic heterocycles. The van der Waals surface area contributed by atoms with E-state index in [0.29, 0.717) is 12.4 Å². The maximum Gasteiger partial charge on any atom is 0.322 e. The van der Waals surface area contributed by atoms with Crippen molar-refractivity contribution in [2.45, 2.75) is 25.8 Å². The first-order valence-corrected chi connectivity index (χ1v) is 10.3. The minimum absolute atomic E-state index is 0.112. The van der Waals surface area contributed by atoms with Gasteiger partial charge in [-0.15, -0.1) is 0 Å². The van der Waals surface area contributed by atoms with Gasteiger partial charge in [-0.3, -0.25) is 0 Å². The van der Waals surface area contributed by atoms with Gasteiger partial charge >= 0.3 is 6.03 Å². The second-order valence-corrected chi connectivity index (χ2v) is 7.70. The van der Waals surface area contributed by atoms with E-state index in [1.54, 1.807) is 0 Å². The van der Waals surface area contributed by atoms with Gasteiger partial charge in [-0.1, -0.05) is 54.6 Å². The van der Waals surface area contributed by atoms with E-state index in [9.17, 15) is 4.79 Å². The number of hydrogen-bond acceptors (Lipinski definition) is 3. The van der Waals surface area contributed by atoms with Crippen molar-refractivity contribution in [3.8, 4) is 11.1 Å². The van der Waals surface area contributed by atoms with Crippen molar-refractivity contribution in [1.29, 1.82) is 0 Å². The normalized spacial score (nSPS) is 16.2. The van der Waals surface area contributed by atoms with Crippen LogP contribution in [0.2, 0.25) is 0 Å². The zero-order valence-corrected chi connectivity index (χ0v) is 16.8. The van der Waals surface area contributed by atoms with Gasteiger partial charge in [-0.05, 0) is 54.7 Å². The number of urea groups is 1. The summed E-state index contributed by atoms with van der Waals surface area (Å²) < 4.78 is 6.06. The molecule has 5 nitrogen and oxygen atoms in total. The Balaban J connectivity index is 1.41. The molecule has 30 heavy (non-hydrogen) atoms. The van der Waals surface area contributed by atoms with E-state index < -0.39 is 0 Å². The number of likely N-dealkylation sites (tertiary alicyclic amines) is 1. The minimum atomic E-state index is -0.151. The summed E-state index contributed by atoms with van der Waals surface area (Å²) in [5.41, 5.74) is 5.68. The Labute approximate surface area is 175 Å². The van der Waals surface area contributed by atoms with Crippen LogP contribution in [0.1, 0.15) is 30.3 Å². The van der Waals surface area contributed by atoms with Gasteiger partial charge in [0.2, 0.25) is 5.89 Å². The van der Waals surface area contributed by atoms with E-state index in [1.165, 1.54) is 0 Å². The van der Waals surface area contributed by atoms with Crippen LogP contribution in [0.15, 0.2) is 77.2 Å². The number of para-hydroxylation sites is 1. The molecular weight excluding hydrogens is 374 g/mol. The van der Waals surface area contributed by atoms with Gasteiger partial charge in [0.1, 0.15) is 11.6 Å². The SMILES string of the molecule is Cc1ccccc1NC(=O)N1CCC[C@H]1c1nc2cc(-c3ccccc3)ccc2o1. The van der Waals surface area contributed by atoms with E-state index >= 15 is 0 Å². The third-order valence-corrected chi connectivity index (χ3v) is 5.70. The Kier molecular flexibility index (Phi) is 4.71. The number of nitrogens with zero attached hydrogens (tertiary/aromatic N) is 2. The zero-order valence-electron chi connectivity index (χ0n) is 16.8. The molecule has 5 heteroatoms. The second-order valence-electron chi connectivity index (χ2n) is 7.70. The third-order valence-electron chi connectivity index (χ3n) is 5.70. The summed E-state index contributed by atoms with van der Waals surface area (Å²) in [5.74, 6) is 0.604. The van der Waals surface area contributed by atoms with Gasteiger partial charge in [0.15, 0.2) is 5.58 Å². The van der Waals surface area contributed by atoms with Gasteiger partial charge < -0.3 is 14.6 Å². The van der Waals surface area contributed by atoms with Crippen molar-refractivity contribution in [2.24, 2.45) is 0 Å². The number of carbonyl (C=O) groups excluding carboxylic acids is 1. The maximum atomic E-state index is 13.0. The fraction of sp³-hybridized carbons (Fsp3) is 0.200. The highest BCUT2D eigenvalue weighted by atomic mass is 16.4. The van der Waals surface area contributed by atoms with Crippen LogP contribution in [0.5, 0.6) is 0 Å². The average molecular weight is 397 g/mol. The van der Waals surface area contributed by atoms with Gasteiger partial charge in [-0.2, -0.15) is 0 Å². The maximum absolute atomic E-state index is 13.0. The van der Waals surface area contributed by atoms with Crippen LogP contribution in [-0.4, -0.2) is 22.5 Å². The van der Waals surface area contributed by atoms with E-state index in [-0.39, 0.29) is 12.1 Å². The fourth-order valence-electron chi connectivity index (χ4n) is 4.06. The molecule has 1 N–H and O–H groups in total. The molecule has 2 amide bonds. The largest absolute Gasteiger partial charge is 0.438 e. The highest BCUT2D eigenvalue weighted by Gasteiger charge is 2.33. The van der Waals surface area contributed by atoms with E-state index in [1.807, 2.05) is 72.5 Å². The molecule has 2 heterocycles. The number of rotatable bonds is 3. The molecular formula is C25H23N3O2. The van der Waals surface area contributed by atoms with Crippen LogP contribution < -0.4 is 5.32 Å². The topological polar surface area (TPSA) is 58.4 Å². The summed E-state index contributed by atoms with van der Waals surface area (Å²) in [6.07, 6.45) is 1.78. The van der Waals surface area contributed by atoms with Crippen LogP contribution in [0.4, 0.5) is 10.5 Å². The Morgan fingerprint density at radius 1 is 1.03 bits per heavy atom. The zero-order chi connectivity index (χ0) is 20.5. The van der Waals surface area contributed by atoms with Crippen molar-refractivity contribution in [1.82, 2.24) is 9.88 Å². The number of amides is 2. The monoisotopic (exact) mass is 397 g/mol. The van der Waals surface area contributed by atoms with Crippen molar-refractivity contribution >= 4 is 22.8 Å². The molecule has 1 aliphatic rings. The van der Waals surface area contributed by atoms with Crippen molar-refractivity contribution in [3.05, 3.63) is 84.3 Å². The summed E-state index contributed by atoms with van der Waals surface area (Å²) in [5, 5.41) is 3.03. The van der Waals surface area contributed by atoms with Gasteiger partial charge in [0, 0.05) is 12.2 Å². The molecule has 3 aromatic carbocycles.